The molecule has 0 spiro atoms. The zero-order valence-electron chi connectivity index (χ0n) is 8.78. The summed E-state index contributed by atoms with van der Waals surface area (Å²) >= 11 is 0. The summed E-state index contributed by atoms with van der Waals surface area (Å²) < 4.78 is 9.46. The maximum Gasteiger partial charge on any atom is 0.417 e. The van der Waals surface area contributed by atoms with Crippen LogP contribution in [-0.4, -0.2) is 18.1 Å². The highest BCUT2D eigenvalue weighted by atomic mass is 16.5. The number of ether oxygens (including phenoxy) is 1. The second-order valence-electron chi connectivity index (χ2n) is 3.42. The molecule has 0 fully saturated rings. The van der Waals surface area contributed by atoms with Gasteiger partial charge in [0, 0.05) is 6.42 Å². The number of hydrogen-bond acceptors (Lipinski definition) is 4. The van der Waals surface area contributed by atoms with Gasteiger partial charge in [-0.15, -0.1) is 0 Å². The standard InChI is InChI=1S/C11H11NO4/c1-15-10(13)5-3-7-2-4-8-9(6-7)16-11(14)12-8/h2,4,6H,3,5H2,1H3,(H,12,14). The number of aryl methyl sites for hydroxylation is 1. The highest BCUT2D eigenvalue weighted by molar-refractivity contribution is 5.73. The van der Waals surface area contributed by atoms with Crippen molar-refractivity contribution in [3.63, 3.8) is 0 Å². The first-order valence-electron chi connectivity index (χ1n) is 4.87. The zero-order valence-corrected chi connectivity index (χ0v) is 8.78. The van der Waals surface area contributed by atoms with Crippen molar-refractivity contribution in [1.82, 2.24) is 4.98 Å². The Morgan fingerprint density at radius 2 is 2.31 bits per heavy atom. The van der Waals surface area contributed by atoms with Crippen LogP contribution in [0.2, 0.25) is 0 Å². The molecule has 1 heterocycles. The Hall–Kier alpha value is -2.04. The predicted octanol–water partition coefficient (Wildman–Crippen LogP) is 1.23. The largest absolute Gasteiger partial charge is 0.469 e. The lowest BCUT2D eigenvalue weighted by molar-refractivity contribution is -0.140. The number of methoxy groups -OCH3 is 1. The summed E-state index contributed by atoms with van der Waals surface area (Å²) in [7, 11) is 1.36. The van der Waals surface area contributed by atoms with Gasteiger partial charge in [0.05, 0.1) is 12.6 Å². The number of aromatic nitrogens is 1. The Kier molecular flexibility index (Phi) is 2.76. The molecule has 0 unspecified atom stereocenters. The summed E-state index contributed by atoms with van der Waals surface area (Å²) in [6, 6.07) is 5.35. The number of hydrogen-bond donors (Lipinski definition) is 1. The van der Waals surface area contributed by atoms with Gasteiger partial charge in [-0.2, -0.15) is 0 Å². The number of carbonyl (C=O) groups excluding carboxylic acids is 1. The zero-order chi connectivity index (χ0) is 11.5. The van der Waals surface area contributed by atoms with Crippen molar-refractivity contribution < 1.29 is 13.9 Å². The van der Waals surface area contributed by atoms with Gasteiger partial charge in [-0.05, 0) is 24.1 Å². The molecular formula is C11H11NO4. The van der Waals surface area contributed by atoms with Gasteiger partial charge in [0.25, 0.3) is 0 Å². The molecule has 1 aromatic carbocycles. The maximum atomic E-state index is 11.0. The third-order valence-electron chi connectivity index (χ3n) is 2.33. The summed E-state index contributed by atoms with van der Waals surface area (Å²) in [5, 5.41) is 0. The van der Waals surface area contributed by atoms with E-state index >= 15 is 0 Å². The summed E-state index contributed by atoms with van der Waals surface area (Å²) in [4.78, 5) is 24.4. The van der Waals surface area contributed by atoms with Crippen LogP contribution in [0, 0.1) is 0 Å². The number of H-pyrrole nitrogens is 1. The van der Waals surface area contributed by atoms with E-state index in [-0.39, 0.29) is 5.97 Å². The molecule has 0 aliphatic heterocycles. The van der Waals surface area contributed by atoms with Crippen molar-refractivity contribution in [2.45, 2.75) is 12.8 Å². The number of benzene rings is 1. The van der Waals surface area contributed by atoms with E-state index in [9.17, 15) is 9.59 Å². The van der Waals surface area contributed by atoms with Crippen molar-refractivity contribution in [3.05, 3.63) is 34.3 Å². The number of nitrogens with one attached hydrogen (secondary N) is 1. The number of fused-ring (bicyclic) bond motifs is 1. The number of rotatable bonds is 3. The number of oxazole rings is 1. The molecule has 0 radical (unpaired) electrons. The molecule has 5 heteroatoms. The summed E-state index contributed by atoms with van der Waals surface area (Å²) in [6.07, 6.45) is 0.883. The molecule has 0 aliphatic rings. The smallest absolute Gasteiger partial charge is 0.417 e. The topological polar surface area (TPSA) is 72.3 Å². The van der Waals surface area contributed by atoms with Gasteiger partial charge in [-0.25, -0.2) is 4.79 Å². The Morgan fingerprint density at radius 1 is 1.50 bits per heavy atom. The normalized spacial score (nSPS) is 10.6. The van der Waals surface area contributed by atoms with Gasteiger partial charge in [0.2, 0.25) is 0 Å². The van der Waals surface area contributed by atoms with Crippen LogP contribution < -0.4 is 5.76 Å². The fourth-order valence-electron chi connectivity index (χ4n) is 1.49. The average molecular weight is 221 g/mol. The van der Waals surface area contributed by atoms with Gasteiger partial charge in [0.15, 0.2) is 5.58 Å². The monoisotopic (exact) mass is 221 g/mol. The SMILES string of the molecule is COC(=O)CCc1ccc2[nH]c(=O)oc2c1. The third kappa shape index (κ3) is 2.13. The van der Waals surface area contributed by atoms with Crippen molar-refractivity contribution in [2.75, 3.05) is 7.11 Å². The van der Waals surface area contributed by atoms with Gasteiger partial charge in [-0.3, -0.25) is 9.78 Å². The fourth-order valence-corrected chi connectivity index (χ4v) is 1.49. The van der Waals surface area contributed by atoms with E-state index in [4.69, 9.17) is 4.42 Å². The summed E-state index contributed by atoms with van der Waals surface area (Å²) in [5.74, 6) is -0.726. The Morgan fingerprint density at radius 3 is 3.06 bits per heavy atom. The van der Waals surface area contributed by atoms with E-state index in [1.54, 1.807) is 12.1 Å². The molecule has 0 saturated heterocycles. The average Bonchev–Trinajstić information content (AvgIpc) is 2.65. The van der Waals surface area contributed by atoms with Gasteiger partial charge in [-0.1, -0.05) is 6.07 Å². The van der Waals surface area contributed by atoms with Gasteiger partial charge in [0.1, 0.15) is 0 Å². The molecule has 1 aromatic heterocycles. The molecule has 16 heavy (non-hydrogen) atoms. The first kappa shape index (κ1) is 10.5. The first-order valence-corrected chi connectivity index (χ1v) is 4.87. The lowest BCUT2D eigenvalue weighted by atomic mass is 10.1. The van der Waals surface area contributed by atoms with Crippen LogP contribution in [-0.2, 0) is 16.0 Å². The summed E-state index contributed by atoms with van der Waals surface area (Å²) in [5.41, 5.74) is 2.10. The predicted molar refractivity (Wildman–Crippen MR) is 57.2 cm³/mol. The molecule has 0 amide bonds. The molecule has 0 atom stereocenters. The van der Waals surface area contributed by atoms with Crippen LogP contribution in [0.5, 0.6) is 0 Å². The van der Waals surface area contributed by atoms with Crippen LogP contribution in [0.1, 0.15) is 12.0 Å². The highest BCUT2D eigenvalue weighted by Gasteiger charge is 2.04. The minimum Gasteiger partial charge on any atom is -0.469 e. The van der Waals surface area contributed by atoms with Crippen molar-refractivity contribution in [2.24, 2.45) is 0 Å². The molecule has 84 valence electrons. The first-order chi connectivity index (χ1) is 7.69. The fraction of sp³-hybridized carbons (Fsp3) is 0.273. The van der Waals surface area contributed by atoms with Crippen LogP contribution >= 0.6 is 0 Å². The van der Waals surface area contributed by atoms with E-state index in [2.05, 4.69) is 9.72 Å². The van der Waals surface area contributed by atoms with Crippen molar-refractivity contribution in [1.29, 1.82) is 0 Å². The van der Waals surface area contributed by atoms with E-state index in [1.165, 1.54) is 7.11 Å². The molecule has 5 nitrogen and oxygen atoms in total. The molecule has 0 saturated carbocycles. The molecule has 2 aromatic rings. The van der Waals surface area contributed by atoms with E-state index in [1.807, 2.05) is 6.07 Å². The van der Waals surface area contributed by atoms with Crippen LogP contribution in [0.15, 0.2) is 27.4 Å². The van der Waals surface area contributed by atoms with Gasteiger partial charge >= 0.3 is 11.7 Å². The van der Waals surface area contributed by atoms with Crippen LogP contribution in [0.3, 0.4) is 0 Å². The Bertz CT molecular complexity index is 567. The van der Waals surface area contributed by atoms with Crippen LogP contribution in [0.4, 0.5) is 0 Å². The van der Waals surface area contributed by atoms with Crippen molar-refractivity contribution >= 4 is 17.1 Å². The van der Waals surface area contributed by atoms with E-state index < -0.39 is 5.76 Å². The number of esters is 1. The molecule has 0 aliphatic carbocycles. The molecule has 1 N–H and O–H groups in total. The lowest BCUT2D eigenvalue weighted by Crippen LogP contribution is -2.01. The molecule has 0 bridgehead atoms. The quantitative estimate of drug-likeness (QED) is 0.791. The van der Waals surface area contributed by atoms with Crippen LogP contribution in [0.25, 0.3) is 11.1 Å². The maximum absolute atomic E-state index is 11.0. The third-order valence-corrected chi connectivity index (χ3v) is 2.33. The Labute approximate surface area is 91.0 Å². The minimum atomic E-state index is -0.472. The second kappa shape index (κ2) is 4.22. The number of carbonyl (C=O) groups is 1. The lowest BCUT2D eigenvalue weighted by Gasteiger charge is -1.99. The molecular weight excluding hydrogens is 210 g/mol. The summed E-state index contributed by atoms with van der Waals surface area (Å²) in [6.45, 7) is 0. The number of aromatic amines is 1. The highest BCUT2D eigenvalue weighted by Crippen LogP contribution is 2.13. The second-order valence-corrected chi connectivity index (χ2v) is 3.42. The van der Waals surface area contributed by atoms with E-state index in [0.717, 1.165) is 5.56 Å². The minimum absolute atomic E-state index is 0.254. The van der Waals surface area contributed by atoms with E-state index in [0.29, 0.717) is 23.9 Å². The van der Waals surface area contributed by atoms with Crippen molar-refractivity contribution in [3.8, 4) is 0 Å². The molecule has 2 rings (SSSR count). The Balaban J connectivity index is 2.19. The van der Waals surface area contributed by atoms with Gasteiger partial charge < -0.3 is 9.15 Å².